The Morgan fingerprint density at radius 2 is 2.07 bits per heavy atom. The maximum absolute atomic E-state index is 12.4. The molecule has 7 heteroatoms. The van der Waals surface area contributed by atoms with E-state index >= 15 is 0 Å². The Morgan fingerprint density at radius 1 is 1.22 bits per heavy atom. The van der Waals surface area contributed by atoms with Gasteiger partial charge in [0.25, 0.3) is 5.56 Å². The number of hydrogen-bond acceptors (Lipinski definition) is 6. The minimum absolute atomic E-state index is 0.0284. The van der Waals surface area contributed by atoms with Crippen molar-refractivity contribution in [3.63, 3.8) is 0 Å². The molecule has 3 aromatic rings. The van der Waals surface area contributed by atoms with Crippen LogP contribution in [0.2, 0.25) is 0 Å². The van der Waals surface area contributed by atoms with Gasteiger partial charge in [-0.2, -0.15) is 5.10 Å². The summed E-state index contributed by atoms with van der Waals surface area (Å²) in [4.78, 5) is 22.1. The molecule has 0 unspecified atom stereocenters. The number of hydrogen-bond donors (Lipinski definition) is 1. The Labute approximate surface area is 162 Å². The van der Waals surface area contributed by atoms with E-state index in [4.69, 9.17) is 0 Å². The second-order valence-corrected chi connectivity index (χ2v) is 7.93. The number of thiazole rings is 1. The molecular weight excluding hydrogens is 358 g/mol. The first kappa shape index (κ1) is 18.0. The molecule has 140 valence electrons. The molecule has 3 heterocycles. The summed E-state index contributed by atoms with van der Waals surface area (Å²) in [5.74, 6) is 0. The summed E-state index contributed by atoms with van der Waals surface area (Å²) in [5, 5.41) is 8.27. The van der Waals surface area contributed by atoms with E-state index in [0.29, 0.717) is 6.04 Å². The molecule has 0 radical (unpaired) electrons. The Kier molecular flexibility index (Phi) is 5.40. The van der Waals surface area contributed by atoms with Gasteiger partial charge < -0.3 is 5.32 Å². The fourth-order valence-corrected chi connectivity index (χ4v) is 4.34. The van der Waals surface area contributed by atoms with Crippen LogP contribution in [0, 0.1) is 6.92 Å². The van der Waals surface area contributed by atoms with Gasteiger partial charge in [0.15, 0.2) is 0 Å². The molecule has 1 fully saturated rings. The van der Waals surface area contributed by atoms with Crippen molar-refractivity contribution in [1.29, 1.82) is 0 Å². The molecule has 1 aliphatic carbocycles. The Bertz CT molecular complexity index is 944. The molecule has 1 saturated carbocycles. The number of nitrogens with zero attached hydrogens (tertiary/aromatic N) is 4. The van der Waals surface area contributed by atoms with Crippen molar-refractivity contribution in [3.05, 3.63) is 63.1 Å². The van der Waals surface area contributed by atoms with Crippen LogP contribution in [-0.2, 0) is 6.54 Å². The van der Waals surface area contributed by atoms with Crippen LogP contribution in [0.15, 0.2) is 47.0 Å². The zero-order chi connectivity index (χ0) is 18.6. The van der Waals surface area contributed by atoms with Crippen LogP contribution in [0.1, 0.15) is 42.3 Å². The minimum Gasteiger partial charge on any atom is -0.309 e. The number of aryl methyl sites for hydroxylation is 1. The maximum Gasteiger partial charge on any atom is 0.267 e. The molecule has 0 atom stereocenters. The van der Waals surface area contributed by atoms with Crippen molar-refractivity contribution in [3.8, 4) is 11.3 Å². The molecular formula is C20H23N5OS. The van der Waals surface area contributed by atoms with Crippen LogP contribution in [-0.4, -0.2) is 25.8 Å². The Balaban J connectivity index is 1.41. The quantitative estimate of drug-likeness (QED) is 0.734. The maximum atomic E-state index is 12.4. The van der Waals surface area contributed by atoms with Gasteiger partial charge in [-0.05, 0) is 50.8 Å². The molecule has 4 rings (SSSR count). The standard InChI is InChI=1S/C20H23N5OS/c1-14-19(27-13-23-14)12-22-16-4-6-17(7-5-16)25-20(26)9-8-18(24-25)15-3-2-10-21-11-15/h2-3,8-11,13,16-17,22H,4-7,12H2,1H3. The highest BCUT2D eigenvalue weighted by atomic mass is 32.1. The summed E-state index contributed by atoms with van der Waals surface area (Å²) in [6, 6.07) is 7.89. The van der Waals surface area contributed by atoms with Gasteiger partial charge in [0.1, 0.15) is 0 Å². The van der Waals surface area contributed by atoms with Crippen LogP contribution >= 0.6 is 11.3 Å². The van der Waals surface area contributed by atoms with Crippen molar-refractivity contribution >= 4 is 11.3 Å². The average Bonchev–Trinajstić information content (AvgIpc) is 3.13. The van der Waals surface area contributed by atoms with E-state index in [2.05, 4.69) is 27.3 Å². The second-order valence-electron chi connectivity index (χ2n) is 6.99. The second kappa shape index (κ2) is 8.10. The fourth-order valence-electron chi connectivity index (χ4n) is 3.61. The highest BCUT2D eigenvalue weighted by Crippen LogP contribution is 2.28. The lowest BCUT2D eigenvalue weighted by atomic mass is 9.91. The molecule has 0 saturated heterocycles. The van der Waals surface area contributed by atoms with Crippen LogP contribution in [0.4, 0.5) is 0 Å². The summed E-state index contributed by atoms with van der Waals surface area (Å²) in [6.07, 6.45) is 7.54. The van der Waals surface area contributed by atoms with E-state index in [1.54, 1.807) is 40.5 Å². The van der Waals surface area contributed by atoms with Crippen molar-refractivity contribution in [1.82, 2.24) is 25.1 Å². The Morgan fingerprint density at radius 3 is 2.78 bits per heavy atom. The third kappa shape index (κ3) is 4.14. The molecule has 0 bridgehead atoms. The van der Waals surface area contributed by atoms with E-state index in [9.17, 15) is 4.79 Å². The van der Waals surface area contributed by atoms with Crippen LogP contribution < -0.4 is 10.9 Å². The zero-order valence-electron chi connectivity index (χ0n) is 15.3. The summed E-state index contributed by atoms with van der Waals surface area (Å²) < 4.78 is 1.67. The molecule has 6 nitrogen and oxygen atoms in total. The Hall–Kier alpha value is -2.38. The van der Waals surface area contributed by atoms with Gasteiger partial charge in [0, 0.05) is 41.5 Å². The molecule has 0 spiro atoms. The highest BCUT2D eigenvalue weighted by molar-refractivity contribution is 7.09. The lowest BCUT2D eigenvalue weighted by Crippen LogP contribution is -2.36. The average molecular weight is 382 g/mol. The van der Waals surface area contributed by atoms with Crippen LogP contribution in [0.3, 0.4) is 0 Å². The van der Waals surface area contributed by atoms with Gasteiger partial charge in [0.05, 0.1) is 22.9 Å². The topological polar surface area (TPSA) is 72.7 Å². The van der Waals surface area contributed by atoms with Crippen molar-refractivity contribution in [2.75, 3.05) is 0 Å². The molecule has 1 aliphatic rings. The fraction of sp³-hybridized carbons (Fsp3) is 0.400. The molecule has 27 heavy (non-hydrogen) atoms. The zero-order valence-corrected chi connectivity index (χ0v) is 16.2. The first-order valence-electron chi connectivity index (χ1n) is 9.33. The van der Waals surface area contributed by atoms with Crippen molar-refractivity contribution in [2.45, 2.75) is 51.2 Å². The van der Waals surface area contributed by atoms with Gasteiger partial charge in [-0.3, -0.25) is 9.78 Å². The number of pyridine rings is 1. The lowest BCUT2D eigenvalue weighted by molar-refractivity contribution is 0.269. The molecule has 1 N–H and O–H groups in total. The van der Waals surface area contributed by atoms with Crippen molar-refractivity contribution in [2.24, 2.45) is 0 Å². The number of nitrogens with one attached hydrogen (secondary N) is 1. The summed E-state index contributed by atoms with van der Waals surface area (Å²) in [7, 11) is 0. The molecule has 0 amide bonds. The smallest absolute Gasteiger partial charge is 0.267 e. The van der Waals surface area contributed by atoms with E-state index in [-0.39, 0.29) is 11.6 Å². The van der Waals surface area contributed by atoms with Crippen LogP contribution in [0.5, 0.6) is 0 Å². The van der Waals surface area contributed by atoms with E-state index in [1.165, 1.54) is 4.88 Å². The monoisotopic (exact) mass is 381 g/mol. The summed E-state index contributed by atoms with van der Waals surface area (Å²) >= 11 is 1.70. The number of aromatic nitrogens is 4. The predicted molar refractivity (Wildman–Crippen MR) is 107 cm³/mol. The van der Waals surface area contributed by atoms with Gasteiger partial charge in [-0.1, -0.05) is 0 Å². The van der Waals surface area contributed by atoms with E-state index in [1.807, 2.05) is 17.6 Å². The largest absolute Gasteiger partial charge is 0.309 e. The third-order valence-corrected chi connectivity index (χ3v) is 6.16. The normalized spacial score (nSPS) is 19.9. The summed E-state index contributed by atoms with van der Waals surface area (Å²) in [6.45, 7) is 2.93. The minimum atomic E-state index is -0.0284. The van der Waals surface area contributed by atoms with E-state index < -0.39 is 0 Å². The molecule has 0 aromatic carbocycles. The van der Waals surface area contributed by atoms with Crippen molar-refractivity contribution < 1.29 is 0 Å². The van der Waals surface area contributed by atoms with Crippen LogP contribution in [0.25, 0.3) is 11.3 Å². The van der Waals surface area contributed by atoms with Gasteiger partial charge >= 0.3 is 0 Å². The van der Waals surface area contributed by atoms with Gasteiger partial charge in [-0.15, -0.1) is 11.3 Å². The number of rotatable bonds is 5. The van der Waals surface area contributed by atoms with E-state index in [0.717, 1.165) is 49.2 Å². The SMILES string of the molecule is Cc1ncsc1CNC1CCC(n2nc(-c3cccnc3)ccc2=O)CC1. The predicted octanol–water partition coefficient (Wildman–Crippen LogP) is 3.34. The molecule has 3 aromatic heterocycles. The van der Waals surface area contributed by atoms with Gasteiger partial charge in [-0.25, -0.2) is 9.67 Å². The highest BCUT2D eigenvalue weighted by Gasteiger charge is 2.24. The van der Waals surface area contributed by atoms with Gasteiger partial charge in [0.2, 0.25) is 0 Å². The summed E-state index contributed by atoms with van der Waals surface area (Å²) in [5.41, 5.74) is 4.71. The third-order valence-electron chi connectivity index (χ3n) is 5.22. The first-order valence-corrected chi connectivity index (χ1v) is 10.2. The first-order chi connectivity index (χ1) is 13.2. The molecule has 0 aliphatic heterocycles. The lowest BCUT2D eigenvalue weighted by Gasteiger charge is -2.29.